The zero-order chi connectivity index (χ0) is 18.5. The quantitative estimate of drug-likeness (QED) is 0.503. The Morgan fingerprint density at radius 2 is 1.93 bits per heavy atom. The molecule has 0 saturated heterocycles. The lowest BCUT2D eigenvalue weighted by molar-refractivity contribution is 0.102. The summed E-state index contributed by atoms with van der Waals surface area (Å²) in [5.41, 5.74) is 3.12. The lowest BCUT2D eigenvalue weighted by Crippen LogP contribution is -2.13. The molecule has 0 saturated carbocycles. The molecule has 0 aliphatic carbocycles. The van der Waals surface area contributed by atoms with Gasteiger partial charge in [-0.2, -0.15) is 10.2 Å². The lowest BCUT2D eigenvalue weighted by atomic mass is 10.1. The van der Waals surface area contributed by atoms with Crippen LogP contribution in [0.5, 0.6) is 0 Å². The van der Waals surface area contributed by atoms with Crippen molar-refractivity contribution >= 4 is 23.4 Å². The van der Waals surface area contributed by atoms with Crippen molar-refractivity contribution in [2.24, 2.45) is 0 Å². The van der Waals surface area contributed by atoms with Crippen LogP contribution < -0.4 is 5.32 Å². The first kappa shape index (κ1) is 17.0. The van der Waals surface area contributed by atoms with E-state index in [0.29, 0.717) is 22.2 Å². The molecular formula is C19H16N6OS. The van der Waals surface area contributed by atoms with E-state index in [4.69, 9.17) is 0 Å². The van der Waals surface area contributed by atoms with E-state index < -0.39 is 0 Å². The largest absolute Gasteiger partial charge is 0.319 e. The number of benzene rings is 2. The summed E-state index contributed by atoms with van der Waals surface area (Å²) in [7, 11) is 0. The third kappa shape index (κ3) is 4.06. The van der Waals surface area contributed by atoms with E-state index in [0.717, 1.165) is 11.3 Å². The number of hydrogen-bond acceptors (Lipinski definition) is 5. The maximum absolute atomic E-state index is 12.7. The van der Waals surface area contributed by atoms with E-state index in [2.05, 4.69) is 25.6 Å². The highest BCUT2D eigenvalue weighted by molar-refractivity contribution is 7.98. The third-order valence-corrected chi connectivity index (χ3v) is 4.81. The Morgan fingerprint density at radius 3 is 2.74 bits per heavy atom. The molecular weight excluding hydrogens is 360 g/mol. The maximum atomic E-state index is 12.7. The SMILES string of the molecule is O=C(Nc1cnn(-c2ccccc2)c1)c1ccccc1CSc1ncn[nH]1. The van der Waals surface area contributed by atoms with Crippen LogP contribution in [0.4, 0.5) is 5.69 Å². The van der Waals surface area contributed by atoms with Gasteiger partial charge in [0.05, 0.1) is 23.8 Å². The van der Waals surface area contributed by atoms with E-state index >= 15 is 0 Å². The fourth-order valence-electron chi connectivity index (χ4n) is 2.59. The molecule has 0 radical (unpaired) electrons. The Labute approximate surface area is 159 Å². The molecule has 0 aliphatic rings. The van der Waals surface area contributed by atoms with Gasteiger partial charge in [0, 0.05) is 11.3 Å². The smallest absolute Gasteiger partial charge is 0.256 e. The van der Waals surface area contributed by atoms with Gasteiger partial charge >= 0.3 is 0 Å². The van der Waals surface area contributed by atoms with Crippen molar-refractivity contribution in [2.45, 2.75) is 10.9 Å². The number of nitrogens with one attached hydrogen (secondary N) is 2. The van der Waals surface area contributed by atoms with E-state index in [1.807, 2.05) is 54.6 Å². The lowest BCUT2D eigenvalue weighted by Gasteiger charge is -2.08. The van der Waals surface area contributed by atoms with Gasteiger partial charge in [-0.05, 0) is 23.8 Å². The summed E-state index contributed by atoms with van der Waals surface area (Å²) in [6, 6.07) is 17.3. The topological polar surface area (TPSA) is 88.5 Å². The Kier molecular flexibility index (Phi) is 4.97. The van der Waals surface area contributed by atoms with Crippen molar-refractivity contribution in [3.63, 3.8) is 0 Å². The van der Waals surface area contributed by atoms with Crippen LogP contribution in [0.3, 0.4) is 0 Å². The number of carbonyl (C=O) groups is 1. The highest BCUT2D eigenvalue weighted by atomic mass is 32.2. The first-order valence-electron chi connectivity index (χ1n) is 8.27. The van der Waals surface area contributed by atoms with E-state index in [-0.39, 0.29) is 5.91 Å². The number of nitrogens with zero attached hydrogens (tertiary/aromatic N) is 4. The van der Waals surface area contributed by atoms with Crippen LogP contribution in [-0.4, -0.2) is 30.9 Å². The second kappa shape index (κ2) is 7.88. The zero-order valence-electron chi connectivity index (χ0n) is 14.2. The van der Waals surface area contributed by atoms with E-state index in [1.54, 1.807) is 17.1 Å². The van der Waals surface area contributed by atoms with E-state index in [1.165, 1.54) is 18.1 Å². The Balaban J connectivity index is 1.48. The predicted molar refractivity (Wildman–Crippen MR) is 104 cm³/mol. The van der Waals surface area contributed by atoms with Crippen LogP contribution >= 0.6 is 11.8 Å². The molecule has 134 valence electrons. The molecule has 2 N–H and O–H groups in total. The second-order valence-corrected chi connectivity index (χ2v) is 6.66. The highest BCUT2D eigenvalue weighted by Gasteiger charge is 2.13. The molecule has 0 spiro atoms. The van der Waals surface area contributed by atoms with Crippen molar-refractivity contribution in [1.29, 1.82) is 0 Å². The molecule has 8 heteroatoms. The number of aromatic nitrogens is 5. The molecule has 0 bridgehead atoms. The van der Waals surface area contributed by atoms with Gasteiger partial charge in [0.2, 0.25) is 0 Å². The maximum Gasteiger partial charge on any atom is 0.256 e. The van der Waals surface area contributed by atoms with Crippen LogP contribution in [0.1, 0.15) is 15.9 Å². The Hall–Kier alpha value is -3.39. The molecule has 1 amide bonds. The van der Waals surface area contributed by atoms with Crippen LogP contribution in [0.15, 0.2) is 78.5 Å². The normalized spacial score (nSPS) is 10.7. The fourth-order valence-corrected chi connectivity index (χ4v) is 3.37. The molecule has 7 nitrogen and oxygen atoms in total. The van der Waals surface area contributed by atoms with Gasteiger partial charge in [-0.25, -0.2) is 9.67 Å². The first-order valence-corrected chi connectivity index (χ1v) is 9.26. The summed E-state index contributed by atoms with van der Waals surface area (Å²) in [5, 5.41) is 14.6. The number of thioether (sulfide) groups is 1. The van der Waals surface area contributed by atoms with Gasteiger partial charge in [0.15, 0.2) is 5.16 Å². The number of para-hydroxylation sites is 1. The average Bonchev–Trinajstić information content (AvgIpc) is 3.39. The number of carbonyl (C=O) groups excluding carboxylic acids is 1. The predicted octanol–water partition coefficient (Wildman–Crippen LogP) is 3.54. The molecule has 4 aromatic rings. The number of amides is 1. The van der Waals surface area contributed by atoms with Crippen molar-refractivity contribution in [2.75, 3.05) is 5.32 Å². The van der Waals surface area contributed by atoms with Gasteiger partial charge in [0.1, 0.15) is 6.33 Å². The van der Waals surface area contributed by atoms with Crippen LogP contribution in [-0.2, 0) is 5.75 Å². The molecule has 0 fully saturated rings. The monoisotopic (exact) mass is 376 g/mol. The minimum Gasteiger partial charge on any atom is -0.319 e. The molecule has 0 unspecified atom stereocenters. The summed E-state index contributed by atoms with van der Waals surface area (Å²) < 4.78 is 1.72. The zero-order valence-corrected chi connectivity index (χ0v) is 15.1. The fraction of sp³-hybridized carbons (Fsp3) is 0.0526. The summed E-state index contributed by atoms with van der Waals surface area (Å²) in [6.07, 6.45) is 4.89. The van der Waals surface area contributed by atoms with Crippen LogP contribution in [0.25, 0.3) is 5.69 Å². The van der Waals surface area contributed by atoms with Crippen LogP contribution in [0, 0.1) is 0 Å². The van der Waals surface area contributed by atoms with Crippen LogP contribution in [0.2, 0.25) is 0 Å². The summed E-state index contributed by atoms with van der Waals surface area (Å²) >= 11 is 1.49. The minimum atomic E-state index is -0.170. The molecule has 2 aromatic carbocycles. The average molecular weight is 376 g/mol. The molecule has 4 rings (SSSR count). The third-order valence-electron chi connectivity index (χ3n) is 3.88. The first-order chi connectivity index (χ1) is 13.3. The number of aromatic amines is 1. The van der Waals surface area contributed by atoms with Crippen molar-refractivity contribution in [3.05, 3.63) is 84.4 Å². The van der Waals surface area contributed by atoms with Gasteiger partial charge < -0.3 is 5.32 Å². The Bertz CT molecular complexity index is 1030. The molecule has 27 heavy (non-hydrogen) atoms. The van der Waals surface area contributed by atoms with Crippen molar-refractivity contribution in [3.8, 4) is 5.69 Å². The standard InChI is InChI=1S/C19H16N6OS/c26-18(23-15-10-22-25(11-15)16-7-2-1-3-8-16)17-9-5-4-6-14(17)12-27-19-20-13-21-24-19/h1-11,13H,12H2,(H,23,26)(H,20,21,24). The minimum absolute atomic E-state index is 0.170. The van der Waals surface area contributed by atoms with Crippen molar-refractivity contribution in [1.82, 2.24) is 25.0 Å². The second-order valence-electron chi connectivity index (χ2n) is 5.70. The highest BCUT2D eigenvalue weighted by Crippen LogP contribution is 2.22. The van der Waals surface area contributed by atoms with Gasteiger partial charge in [-0.1, -0.05) is 48.2 Å². The summed E-state index contributed by atoms with van der Waals surface area (Å²) in [6.45, 7) is 0. The Morgan fingerprint density at radius 1 is 1.11 bits per heavy atom. The van der Waals surface area contributed by atoms with E-state index in [9.17, 15) is 4.79 Å². The van der Waals surface area contributed by atoms with Gasteiger partial charge in [-0.15, -0.1) is 0 Å². The number of rotatable bonds is 6. The summed E-state index contributed by atoms with van der Waals surface area (Å²) in [5.74, 6) is 0.443. The summed E-state index contributed by atoms with van der Waals surface area (Å²) in [4.78, 5) is 16.8. The number of H-pyrrole nitrogens is 1. The molecule has 2 aromatic heterocycles. The van der Waals surface area contributed by atoms with Crippen molar-refractivity contribution < 1.29 is 4.79 Å². The number of hydrogen-bond donors (Lipinski definition) is 2. The molecule has 2 heterocycles. The molecule has 0 aliphatic heterocycles. The van der Waals surface area contributed by atoms with Gasteiger partial charge in [0.25, 0.3) is 5.91 Å². The molecule has 0 atom stereocenters. The van der Waals surface area contributed by atoms with Gasteiger partial charge in [-0.3, -0.25) is 9.89 Å². The number of anilines is 1.